The summed E-state index contributed by atoms with van der Waals surface area (Å²) in [5, 5.41) is 20.9. The number of anilines is 1. The van der Waals surface area contributed by atoms with Crippen molar-refractivity contribution in [1.29, 1.82) is 0 Å². The maximum Gasteiger partial charge on any atom is 0.269 e. The van der Waals surface area contributed by atoms with Gasteiger partial charge in [0.05, 0.1) is 10.4 Å². The van der Waals surface area contributed by atoms with E-state index in [-0.39, 0.29) is 11.6 Å². The average molecular weight is 282 g/mol. The second kappa shape index (κ2) is 5.04. The highest BCUT2D eigenvalue weighted by Gasteiger charge is 2.12. The van der Waals surface area contributed by atoms with Crippen LogP contribution in [0.2, 0.25) is 0 Å². The van der Waals surface area contributed by atoms with Crippen LogP contribution in [0.15, 0.2) is 48.5 Å². The molecule has 0 aliphatic heterocycles. The Balaban J connectivity index is 1.84. The smallest absolute Gasteiger partial charge is 0.269 e. The van der Waals surface area contributed by atoms with Crippen molar-refractivity contribution in [2.24, 2.45) is 0 Å². The number of nitro benzene ring substituents is 1. The summed E-state index contributed by atoms with van der Waals surface area (Å²) < 4.78 is 0. The van der Waals surface area contributed by atoms with Crippen LogP contribution in [0, 0.1) is 10.1 Å². The molecule has 104 valence electrons. The minimum absolute atomic E-state index is 0.0585. The summed E-state index contributed by atoms with van der Waals surface area (Å²) in [5.74, 6) is 0.0519. The number of non-ortho nitro benzene ring substituents is 1. The second-order valence-corrected chi connectivity index (χ2v) is 4.38. The predicted molar refractivity (Wildman–Crippen MR) is 77.1 cm³/mol. The van der Waals surface area contributed by atoms with Gasteiger partial charge < -0.3 is 5.32 Å². The van der Waals surface area contributed by atoms with E-state index < -0.39 is 4.92 Å². The van der Waals surface area contributed by atoms with E-state index in [1.807, 2.05) is 24.3 Å². The summed E-state index contributed by atoms with van der Waals surface area (Å²) in [4.78, 5) is 22.2. The van der Waals surface area contributed by atoms with Crippen LogP contribution in [-0.4, -0.2) is 21.0 Å². The van der Waals surface area contributed by atoms with Crippen molar-refractivity contribution in [3.05, 3.63) is 64.2 Å². The standard InChI is InChI=1S/C14H10N4O3/c19-14(9-5-7-10(8-6-9)18(20)21)15-13-11-3-1-2-4-12(11)16-17-13/h1-8H,(H2,15,16,17,19). The highest BCUT2D eigenvalue weighted by atomic mass is 16.6. The Morgan fingerprint density at radius 3 is 2.57 bits per heavy atom. The monoisotopic (exact) mass is 282 g/mol. The minimum atomic E-state index is -0.511. The van der Waals surface area contributed by atoms with E-state index in [9.17, 15) is 14.9 Å². The van der Waals surface area contributed by atoms with Crippen LogP contribution < -0.4 is 5.32 Å². The van der Waals surface area contributed by atoms with Gasteiger partial charge in [0.15, 0.2) is 5.82 Å². The number of nitrogens with one attached hydrogen (secondary N) is 2. The van der Waals surface area contributed by atoms with Gasteiger partial charge in [-0.25, -0.2) is 0 Å². The number of hydrogen-bond acceptors (Lipinski definition) is 4. The normalized spacial score (nSPS) is 10.5. The number of benzene rings is 2. The first-order valence-corrected chi connectivity index (χ1v) is 6.14. The van der Waals surface area contributed by atoms with Crippen LogP contribution in [0.25, 0.3) is 10.9 Å². The van der Waals surface area contributed by atoms with Crippen LogP contribution in [0.5, 0.6) is 0 Å². The van der Waals surface area contributed by atoms with E-state index >= 15 is 0 Å². The molecule has 0 saturated carbocycles. The lowest BCUT2D eigenvalue weighted by molar-refractivity contribution is -0.384. The van der Waals surface area contributed by atoms with E-state index in [4.69, 9.17) is 0 Å². The zero-order chi connectivity index (χ0) is 14.8. The summed E-state index contributed by atoms with van der Waals surface area (Å²) in [6.45, 7) is 0. The van der Waals surface area contributed by atoms with Crippen molar-refractivity contribution in [2.75, 3.05) is 5.32 Å². The molecule has 3 aromatic rings. The van der Waals surface area contributed by atoms with Gasteiger partial charge in [0, 0.05) is 23.1 Å². The van der Waals surface area contributed by atoms with E-state index in [2.05, 4.69) is 15.5 Å². The largest absolute Gasteiger partial charge is 0.305 e. The van der Waals surface area contributed by atoms with Gasteiger partial charge in [-0.3, -0.25) is 20.0 Å². The third-order valence-corrected chi connectivity index (χ3v) is 3.04. The number of aromatic amines is 1. The van der Waals surface area contributed by atoms with Crippen LogP contribution in [0.3, 0.4) is 0 Å². The van der Waals surface area contributed by atoms with E-state index in [1.54, 1.807) is 0 Å². The number of H-pyrrole nitrogens is 1. The lowest BCUT2D eigenvalue weighted by Crippen LogP contribution is -2.12. The number of nitrogens with zero attached hydrogens (tertiary/aromatic N) is 2. The van der Waals surface area contributed by atoms with E-state index in [0.717, 1.165) is 10.9 Å². The number of nitro groups is 1. The molecule has 0 bridgehead atoms. The van der Waals surface area contributed by atoms with Crippen molar-refractivity contribution in [3.63, 3.8) is 0 Å². The molecule has 1 heterocycles. The number of rotatable bonds is 3. The third kappa shape index (κ3) is 2.44. The van der Waals surface area contributed by atoms with Gasteiger partial charge in [-0.05, 0) is 24.3 Å². The molecule has 1 aromatic heterocycles. The summed E-state index contributed by atoms with van der Waals surface area (Å²) in [5.41, 5.74) is 1.08. The van der Waals surface area contributed by atoms with E-state index in [1.165, 1.54) is 24.3 Å². The zero-order valence-electron chi connectivity index (χ0n) is 10.7. The maximum atomic E-state index is 12.1. The first-order chi connectivity index (χ1) is 10.1. The highest BCUT2D eigenvalue weighted by Crippen LogP contribution is 2.20. The number of amides is 1. The Hall–Kier alpha value is -3.22. The topological polar surface area (TPSA) is 101 Å². The maximum absolute atomic E-state index is 12.1. The first-order valence-electron chi connectivity index (χ1n) is 6.14. The SMILES string of the molecule is O=C(Nc1n[nH]c2ccccc12)c1ccc([N+](=O)[O-])cc1. The molecule has 21 heavy (non-hydrogen) atoms. The van der Waals surface area contributed by atoms with Crippen LogP contribution in [-0.2, 0) is 0 Å². The third-order valence-electron chi connectivity index (χ3n) is 3.04. The Labute approximate surface area is 118 Å². The molecular formula is C14H10N4O3. The van der Waals surface area contributed by atoms with Crippen LogP contribution in [0.4, 0.5) is 11.5 Å². The molecule has 2 aromatic carbocycles. The molecule has 0 aliphatic rings. The summed E-state index contributed by atoms with van der Waals surface area (Å²) >= 11 is 0. The van der Waals surface area contributed by atoms with Crippen LogP contribution >= 0.6 is 0 Å². The fourth-order valence-corrected chi connectivity index (χ4v) is 1.97. The zero-order valence-corrected chi connectivity index (χ0v) is 10.7. The lowest BCUT2D eigenvalue weighted by Gasteiger charge is -2.02. The van der Waals surface area contributed by atoms with Gasteiger partial charge in [-0.1, -0.05) is 12.1 Å². The number of aromatic nitrogens is 2. The quantitative estimate of drug-likeness (QED) is 0.569. The fourth-order valence-electron chi connectivity index (χ4n) is 1.97. The molecule has 1 amide bonds. The van der Waals surface area contributed by atoms with Crippen molar-refractivity contribution < 1.29 is 9.72 Å². The number of fused-ring (bicyclic) bond motifs is 1. The molecule has 0 fully saturated rings. The molecule has 3 rings (SSSR count). The van der Waals surface area contributed by atoms with Crippen molar-refractivity contribution in [3.8, 4) is 0 Å². The molecule has 0 atom stereocenters. The summed E-state index contributed by atoms with van der Waals surface area (Å²) in [6.07, 6.45) is 0. The summed E-state index contributed by atoms with van der Waals surface area (Å²) in [7, 11) is 0. The van der Waals surface area contributed by atoms with Gasteiger partial charge in [-0.15, -0.1) is 0 Å². The Bertz CT molecular complexity index is 824. The highest BCUT2D eigenvalue weighted by molar-refractivity contribution is 6.07. The second-order valence-electron chi connectivity index (χ2n) is 4.38. The molecule has 0 unspecified atom stereocenters. The molecule has 0 saturated heterocycles. The number of para-hydroxylation sites is 1. The van der Waals surface area contributed by atoms with Gasteiger partial charge in [-0.2, -0.15) is 5.10 Å². The first kappa shape index (κ1) is 12.8. The number of hydrogen-bond donors (Lipinski definition) is 2. The van der Waals surface area contributed by atoms with Crippen molar-refractivity contribution in [2.45, 2.75) is 0 Å². The molecule has 7 nitrogen and oxygen atoms in total. The van der Waals surface area contributed by atoms with E-state index in [0.29, 0.717) is 11.4 Å². The Kier molecular flexibility index (Phi) is 3.07. The Morgan fingerprint density at radius 2 is 1.86 bits per heavy atom. The number of carbonyl (C=O) groups is 1. The van der Waals surface area contributed by atoms with Crippen molar-refractivity contribution in [1.82, 2.24) is 10.2 Å². The molecule has 0 radical (unpaired) electrons. The summed E-state index contributed by atoms with van der Waals surface area (Å²) in [6, 6.07) is 12.8. The molecule has 0 aliphatic carbocycles. The average Bonchev–Trinajstić information content (AvgIpc) is 2.91. The Morgan fingerprint density at radius 1 is 1.14 bits per heavy atom. The predicted octanol–water partition coefficient (Wildman–Crippen LogP) is 2.72. The fraction of sp³-hybridized carbons (Fsp3) is 0. The molecule has 7 heteroatoms. The van der Waals surface area contributed by atoms with Gasteiger partial charge in [0.1, 0.15) is 0 Å². The van der Waals surface area contributed by atoms with Gasteiger partial charge >= 0.3 is 0 Å². The van der Waals surface area contributed by atoms with Crippen LogP contribution in [0.1, 0.15) is 10.4 Å². The number of carbonyl (C=O) groups excluding carboxylic acids is 1. The lowest BCUT2D eigenvalue weighted by atomic mass is 10.2. The molecule has 2 N–H and O–H groups in total. The van der Waals surface area contributed by atoms with Gasteiger partial charge in [0.25, 0.3) is 11.6 Å². The minimum Gasteiger partial charge on any atom is -0.305 e. The molecular weight excluding hydrogens is 272 g/mol. The molecule has 0 spiro atoms. The van der Waals surface area contributed by atoms with Gasteiger partial charge in [0.2, 0.25) is 0 Å². The van der Waals surface area contributed by atoms with Crippen molar-refractivity contribution >= 4 is 28.3 Å².